The van der Waals surface area contributed by atoms with Crippen molar-refractivity contribution in [3.8, 4) is 11.1 Å². The Hall–Kier alpha value is -1.61. The molecule has 0 fully saturated rings. The SMILES string of the molecule is CC(C)(CN)Cn1cc(-c2ccccc2)cn1. The normalized spacial score (nSPS) is 11.7. The van der Waals surface area contributed by atoms with Gasteiger partial charge in [-0.25, -0.2) is 0 Å². The van der Waals surface area contributed by atoms with Gasteiger partial charge in [0.05, 0.1) is 6.20 Å². The first kappa shape index (κ1) is 11.9. The van der Waals surface area contributed by atoms with Crippen LogP contribution in [0.2, 0.25) is 0 Å². The minimum Gasteiger partial charge on any atom is -0.330 e. The summed E-state index contributed by atoms with van der Waals surface area (Å²) >= 11 is 0. The second-order valence-corrected chi connectivity index (χ2v) is 5.16. The van der Waals surface area contributed by atoms with Crippen molar-refractivity contribution in [2.24, 2.45) is 11.1 Å². The highest BCUT2D eigenvalue weighted by Gasteiger charge is 2.16. The zero-order chi connectivity index (χ0) is 12.3. The van der Waals surface area contributed by atoms with Crippen LogP contribution < -0.4 is 5.73 Å². The maximum atomic E-state index is 5.73. The first-order chi connectivity index (χ1) is 8.11. The van der Waals surface area contributed by atoms with Gasteiger partial charge in [0.25, 0.3) is 0 Å². The molecular formula is C14H19N3. The summed E-state index contributed by atoms with van der Waals surface area (Å²) in [6, 6.07) is 10.3. The van der Waals surface area contributed by atoms with E-state index in [4.69, 9.17) is 5.73 Å². The lowest BCUT2D eigenvalue weighted by Gasteiger charge is -2.21. The molecule has 0 aliphatic carbocycles. The fourth-order valence-electron chi connectivity index (χ4n) is 1.73. The van der Waals surface area contributed by atoms with Crippen LogP contribution >= 0.6 is 0 Å². The highest BCUT2D eigenvalue weighted by atomic mass is 15.3. The Labute approximate surface area is 102 Å². The van der Waals surface area contributed by atoms with E-state index in [1.54, 1.807) is 0 Å². The van der Waals surface area contributed by atoms with Crippen LogP contribution in [0, 0.1) is 5.41 Å². The molecule has 2 N–H and O–H groups in total. The third-order valence-electron chi connectivity index (χ3n) is 2.88. The van der Waals surface area contributed by atoms with Crippen LogP contribution in [0.25, 0.3) is 11.1 Å². The van der Waals surface area contributed by atoms with Crippen LogP contribution in [-0.2, 0) is 6.54 Å². The fourth-order valence-corrected chi connectivity index (χ4v) is 1.73. The molecule has 0 radical (unpaired) electrons. The first-order valence-electron chi connectivity index (χ1n) is 5.89. The van der Waals surface area contributed by atoms with E-state index in [9.17, 15) is 0 Å². The minimum absolute atomic E-state index is 0.0833. The maximum absolute atomic E-state index is 5.73. The lowest BCUT2D eigenvalue weighted by Crippen LogP contribution is -2.28. The molecule has 0 spiro atoms. The molecule has 17 heavy (non-hydrogen) atoms. The van der Waals surface area contributed by atoms with E-state index in [2.05, 4.69) is 37.3 Å². The van der Waals surface area contributed by atoms with E-state index in [-0.39, 0.29) is 5.41 Å². The van der Waals surface area contributed by atoms with Crippen molar-refractivity contribution in [3.05, 3.63) is 42.7 Å². The molecule has 0 bridgehead atoms. The van der Waals surface area contributed by atoms with Gasteiger partial charge in [0.15, 0.2) is 0 Å². The van der Waals surface area contributed by atoms with Crippen molar-refractivity contribution in [2.45, 2.75) is 20.4 Å². The molecule has 1 aromatic carbocycles. The third kappa shape index (κ3) is 2.94. The van der Waals surface area contributed by atoms with Crippen molar-refractivity contribution < 1.29 is 0 Å². The van der Waals surface area contributed by atoms with Gasteiger partial charge in [0.2, 0.25) is 0 Å². The van der Waals surface area contributed by atoms with Crippen LogP contribution in [0.4, 0.5) is 0 Å². The highest BCUT2D eigenvalue weighted by molar-refractivity contribution is 5.61. The van der Waals surface area contributed by atoms with Crippen LogP contribution in [0.15, 0.2) is 42.7 Å². The zero-order valence-corrected chi connectivity index (χ0v) is 10.4. The van der Waals surface area contributed by atoms with Gasteiger partial charge in [0.1, 0.15) is 0 Å². The summed E-state index contributed by atoms with van der Waals surface area (Å²) in [5, 5.41) is 4.39. The predicted octanol–water partition coefficient (Wildman–Crippen LogP) is 2.54. The summed E-state index contributed by atoms with van der Waals surface area (Å²) in [4.78, 5) is 0. The quantitative estimate of drug-likeness (QED) is 0.875. The lowest BCUT2D eigenvalue weighted by atomic mass is 9.94. The highest BCUT2D eigenvalue weighted by Crippen LogP contribution is 2.20. The summed E-state index contributed by atoms with van der Waals surface area (Å²) in [6.07, 6.45) is 3.98. The van der Waals surface area contributed by atoms with Crippen molar-refractivity contribution in [1.29, 1.82) is 0 Å². The monoisotopic (exact) mass is 229 g/mol. The van der Waals surface area contributed by atoms with Crippen molar-refractivity contribution in [2.75, 3.05) is 6.54 Å². The van der Waals surface area contributed by atoms with E-state index in [0.29, 0.717) is 6.54 Å². The van der Waals surface area contributed by atoms with E-state index in [1.807, 2.05) is 29.1 Å². The summed E-state index contributed by atoms with van der Waals surface area (Å²) in [5.74, 6) is 0. The van der Waals surface area contributed by atoms with Crippen LogP contribution in [-0.4, -0.2) is 16.3 Å². The number of rotatable bonds is 4. The smallest absolute Gasteiger partial charge is 0.0568 e. The van der Waals surface area contributed by atoms with Crippen LogP contribution in [0.3, 0.4) is 0 Å². The molecule has 0 unspecified atom stereocenters. The lowest BCUT2D eigenvalue weighted by molar-refractivity contribution is 0.302. The van der Waals surface area contributed by atoms with Gasteiger partial charge < -0.3 is 5.73 Å². The third-order valence-corrected chi connectivity index (χ3v) is 2.88. The van der Waals surface area contributed by atoms with Gasteiger partial charge in [-0.2, -0.15) is 5.10 Å². The fraction of sp³-hybridized carbons (Fsp3) is 0.357. The predicted molar refractivity (Wildman–Crippen MR) is 70.5 cm³/mol. The van der Waals surface area contributed by atoms with Crippen molar-refractivity contribution in [1.82, 2.24) is 9.78 Å². The minimum atomic E-state index is 0.0833. The zero-order valence-electron chi connectivity index (χ0n) is 10.4. The molecule has 0 atom stereocenters. The molecule has 0 aliphatic rings. The summed E-state index contributed by atoms with van der Waals surface area (Å²) in [6.45, 7) is 5.80. The summed E-state index contributed by atoms with van der Waals surface area (Å²) in [5.41, 5.74) is 8.16. The van der Waals surface area contributed by atoms with Gasteiger partial charge >= 0.3 is 0 Å². The van der Waals surface area contributed by atoms with E-state index >= 15 is 0 Å². The van der Waals surface area contributed by atoms with Crippen LogP contribution in [0.5, 0.6) is 0 Å². The molecule has 0 aliphatic heterocycles. The molecule has 0 saturated carbocycles. The van der Waals surface area contributed by atoms with Crippen molar-refractivity contribution in [3.63, 3.8) is 0 Å². The van der Waals surface area contributed by atoms with Gasteiger partial charge in [-0.1, -0.05) is 44.2 Å². The molecule has 0 saturated heterocycles. The Bertz CT molecular complexity index is 471. The molecule has 0 amide bonds. The number of nitrogens with zero attached hydrogens (tertiary/aromatic N) is 2. The van der Waals surface area contributed by atoms with Gasteiger partial charge in [-0.05, 0) is 17.5 Å². The average Bonchev–Trinajstić information content (AvgIpc) is 2.78. The van der Waals surface area contributed by atoms with E-state index < -0.39 is 0 Å². The Morgan fingerprint density at radius 3 is 2.53 bits per heavy atom. The number of benzene rings is 1. The number of hydrogen-bond donors (Lipinski definition) is 1. The Kier molecular flexibility index (Phi) is 3.29. The largest absolute Gasteiger partial charge is 0.330 e. The Morgan fingerprint density at radius 2 is 1.88 bits per heavy atom. The van der Waals surface area contributed by atoms with Crippen molar-refractivity contribution >= 4 is 0 Å². The van der Waals surface area contributed by atoms with Crippen LogP contribution in [0.1, 0.15) is 13.8 Å². The second kappa shape index (κ2) is 4.72. The standard InChI is InChI=1S/C14H19N3/c1-14(2,10-15)11-17-9-13(8-16-17)12-6-4-3-5-7-12/h3-9H,10-11,15H2,1-2H3. The Morgan fingerprint density at radius 1 is 1.18 bits per heavy atom. The van der Waals surface area contributed by atoms with E-state index in [0.717, 1.165) is 12.1 Å². The second-order valence-electron chi connectivity index (χ2n) is 5.16. The summed E-state index contributed by atoms with van der Waals surface area (Å²) in [7, 11) is 0. The molecule has 2 aromatic rings. The number of nitrogens with two attached hydrogens (primary N) is 1. The molecule has 1 aromatic heterocycles. The molecule has 3 nitrogen and oxygen atoms in total. The molecular weight excluding hydrogens is 210 g/mol. The number of aromatic nitrogens is 2. The first-order valence-corrected chi connectivity index (χ1v) is 5.89. The number of hydrogen-bond acceptors (Lipinski definition) is 2. The topological polar surface area (TPSA) is 43.8 Å². The molecule has 2 rings (SSSR count). The maximum Gasteiger partial charge on any atom is 0.0568 e. The summed E-state index contributed by atoms with van der Waals surface area (Å²) < 4.78 is 1.97. The molecule has 1 heterocycles. The Balaban J connectivity index is 2.17. The van der Waals surface area contributed by atoms with E-state index in [1.165, 1.54) is 5.56 Å². The van der Waals surface area contributed by atoms with Gasteiger partial charge in [0, 0.05) is 18.3 Å². The molecule has 3 heteroatoms. The molecule has 90 valence electrons. The van der Waals surface area contributed by atoms with Gasteiger partial charge in [-0.15, -0.1) is 0 Å². The average molecular weight is 229 g/mol. The van der Waals surface area contributed by atoms with Gasteiger partial charge in [-0.3, -0.25) is 4.68 Å².